The number of rotatable bonds is 5. The molecular formula is C23H34O8. The molecule has 0 bridgehead atoms. The van der Waals surface area contributed by atoms with Crippen molar-refractivity contribution in [3.8, 4) is 5.75 Å². The lowest BCUT2D eigenvalue weighted by Crippen LogP contribution is -2.58. The standard InChI is InChI=1S/C23H34O8/c1-12-7-8-13(2)20(24)19(12)22(25)31-21-15(4)29-18(11-23(21,5)26)30-16-9-10-17(27-6)28-14(16)3/h7-8,14-18,21,24,26H,9-11H2,1-6H3/t14-,15+,16+,17-,18+,21-,23-/m1/s1. The number of hydrogen-bond donors (Lipinski definition) is 2. The van der Waals surface area contributed by atoms with Crippen molar-refractivity contribution in [1.82, 2.24) is 0 Å². The number of ether oxygens (including phenoxy) is 5. The minimum atomic E-state index is -1.38. The third kappa shape index (κ3) is 5.21. The van der Waals surface area contributed by atoms with Crippen LogP contribution < -0.4 is 0 Å². The maximum atomic E-state index is 12.8. The molecule has 2 N–H and O–H groups in total. The predicted molar refractivity (Wildman–Crippen MR) is 112 cm³/mol. The number of phenolic OH excluding ortho intramolecular Hbond substituents is 1. The van der Waals surface area contributed by atoms with Crippen LogP contribution in [-0.2, 0) is 23.7 Å². The molecule has 174 valence electrons. The summed E-state index contributed by atoms with van der Waals surface area (Å²) in [4.78, 5) is 12.8. The topological polar surface area (TPSA) is 104 Å². The quantitative estimate of drug-likeness (QED) is 0.677. The second-order valence-electron chi connectivity index (χ2n) is 8.84. The first-order valence-corrected chi connectivity index (χ1v) is 10.7. The second kappa shape index (κ2) is 9.42. The molecule has 2 aliphatic heterocycles. The minimum Gasteiger partial charge on any atom is -0.507 e. The molecule has 8 nitrogen and oxygen atoms in total. The normalized spacial score (nSPS) is 36.2. The van der Waals surface area contributed by atoms with Crippen molar-refractivity contribution in [2.45, 2.75) is 96.5 Å². The third-order valence-corrected chi connectivity index (χ3v) is 6.18. The largest absolute Gasteiger partial charge is 0.507 e. The van der Waals surface area contributed by atoms with Gasteiger partial charge in [-0.25, -0.2) is 4.79 Å². The molecule has 2 saturated heterocycles. The zero-order valence-electron chi connectivity index (χ0n) is 19.1. The summed E-state index contributed by atoms with van der Waals surface area (Å²) in [6.07, 6.45) is -1.21. The molecular weight excluding hydrogens is 404 g/mol. The van der Waals surface area contributed by atoms with E-state index in [1.54, 1.807) is 46.9 Å². The Balaban J connectivity index is 1.66. The Labute approximate surface area is 183 Å². The zero-order valence-corrected chi connectivity index (χ0v) is 19.1. The summed E-state index contributed by atoms with van der Waals surface area (Å²) < 4.78 is 28.7. The highest BCUT2D eigenvalue weighted by Crippen LogP contribution is 2.35. The molecule has 0 aliphatic carbocycles. The fourth-order valence-corrected chi connectivity index (χ4v) is 4.33. The van der Waals surface area contributed by atoms with Gasteiger partial charge in [-0.1, -0.05) is 12.1 Å². The highest BCUT2D eigenvalue weighted by molar-refractivity contribution is 5.94. The minimum absolute atomic E-state index is 0.0993. The highest BCUT2D eigenvalue weighted by atomic mass is 16.7. The smallest absolute Gasteiger partial charge is 0.342 e. The Morgan fingerprint density at radius 1 is 1.10 bits per heavy atom. The van der Waals surface area contributed by atoms with Gasteiger partial charge in [0, 0.05) is 20.0 Å². The highest BCUT2D eigenvalue weighted by Gasteiger charge is 2.48. The Morgan fingerprint density at radius 3 is 2.35 bits per heavy atom. The first-order chi connectivity index (χ1) is 14.5. The van der Waals surface area contributed by atoms with Gasteiger partial charge in [0.1, 0.15) is 16.9 Å². The average molecular weight is 439 g/mol. The second-order valence-corrected chi connectivity index (χ2v) is 8.84. The number of aliphatic hydroxyl groups is 1. The average Bonchev–Trinajstić information content (AvgIpc) is 2.69. The maximum absolute atomic E-state index is 12.8. The van der Waals surface area contributed by atoms with Gasteiger partial charge in [0.25, 0.3) is 0 Å². The first kappa shape index (κ1) is 23.9. The van der Waals surface area contributed by atoms with Crippen LogP contribution in [0, 0.1) is 13.8 Å². The van der Waals surface area contributed by atoms with E-state index < -0.39 is 30.1 Å². The van der Waals surface area contributed by atoms with Crippen molar-refractivity contribution in [2.75, 3.05) is 7.11 Å². The van der Waals surface area contributed by atoms with Gasteiger partial charge in [0.05, 0.1) is 18.3 Å². The van der Waals surface area contributed by atoms with E-state index in [0.29, 0.717) is 17.5 Å². The van der Waals surface area contributed by atoms with E-state index in [-0.39, 0.29) is 36.2 Å². The molecule has 0 aromatic heterocycles. The van der Waals surface area contributed by atoms with Gasteiger partial charge in [0.2, 0.25) is 0 Å². The van der Waals surface area contributed by atoms with Crippen molar-refractivity contribution in [1.29, 1.82) is 0 Å². The molecule has 0 amide bonds. The Hall–Kier alpha value is -1.71. The lowest BCUT2D eigenvalue weighted by molar-refractivity contribution is -0.305. The van der Waals surface area contributed by atoms with Crippen LogP contribution in [-0.4, -0.2) is 65.9 Å². The summed E-state index contributed by atoms with van der Waals surface area (Å²) in [5.74, 6) is -0.811. The van der Waals surface area contributed by atoms with Crippen LogP contribution in [0.2, 0.25) is 0 Å². The molecule has 2 heterocycles. The van der Waals surface area contributed by atoms with Crippen LogP contribution in [0.3, 0.4) is 0 Å². The lowest BCUT2D eigenvalue weighted by atomic mass is 9.88. The third-order valence-electron chi connectivity index (χ3n) is 6.18. The maximum Gasteiger partial charge on any atom is 0.342 e. The molecule has 1 aromatic carbocycles. The van der Waals surface area contributed by atoms with Crippen molar-refractivity contribution < 1.29 is 38.7 Å². The van der Waals surface area contributed by atoms with E-state index in [4.69, 9.17) is 23.7 Å². The summed E-state index contributed by atoms with van der Waals surface area (Å²) in [7, 11) is 1.61. The van der Waals surface area contributed by atoms with Gasteiger partial charge < -0.3 is 33.9 Å². The number of hydrogen-bond acceptors (Lipinski definition) is 8. The van der Waals surface area contributed by atoms with Crippen molar-refractivity contribution in [2.24, 2.45) is 0 Å². The zero-order chi connectivity index (χ0) is 22.9. The van der Waals surface area contributed by atoms with E-state index in [1.165, 1.54) is 0 Å². The summed E-state index contributed by atoms with van der Waals surface area (Å²) in [6, 6.07) is 3.48. The van der Waals surface area contributed by atoms with Crippen molar-refractivity contribution >= 4 is 5.97 Å². The molecule has 2 fully saturated rings. The van der Waals surface area contributed by atoms with Crippen LogP contribution in [0.5, 0.6) is 5.75 Å². The van der Waals surface area contributed by atoms with E-state index in [2.05, 4.69) is 0 Å². The molecule has 31 heavy (non-hydrogen) atoms. The van der Waals surface area contributed by atoms with Gasteiger partial charge in [-0.2, -0.15) is 0 Å². The Bertz CT molecular complexity index is 792. The molecule has 2 aliphatic rings. The lowest BCUT2D eigenvalue weighted by Gasteiger charge is -2.45. The summed E-state index contributed by atoms with van der Waals surface area (Å²) in [5.41, 5.74) is -0.106. The number of benzene rings is 1. The van der Waals surface area contributed by atoms with Crippen molar-refractivity contribution in [3.05, 3.63) is 28.8 Å². The van der Waals surface area contributed by atoms with E-state index >= 15 is 0 Å². The number of carbonyl (C=O) groups is 1. The number of esters is 1. The Morgan fingerprint density at radius 2 is 1.74 bits per heavy atom. The number of phenols is 1. The van der Waals surface area contributed by atoms with Gasteiger partial charge in [0.15, 0.2) is 18.7 Å². The van der Waals surface area contributed by atoms with Gasteiger partial charge in [-0.3, -0.25) is 0 Å². The van der Waals surface area contributed by atoms with Gasteiger partial charge in [-0.05, 0) is 52.2 Å². The fraction of sp³-hybridized carbons (Fsp3) is 0.696. The molecule has 0 saturated carbocycles. The molecule has 7 atom stereocenters. The number of methoxy groups -OCH3 is 1. The number of aromatic hydroxyl groups is 1. The van der Waals surface area contributed by atoms with Crippen LogP contribution in [0.15, 0.2) is 12.1 Å². The van der Waals surface area contributed by atoms with Gasteiger partial charge >= 0.3 is 5.97 Å². The number of carbonyl (C=O) groups excluding carboxylic acids is 1. The predicted octanol–water partition coefficient (Wildman–Crippen LogP) is 2.98. The molecule has 0 spiro atoms. The Kier molecular flexibility index (Phi) is 7.28. The SMILES string of the molecule is CO[C@H]1CC[C@H](O[C@H]2C[C@@](C)(O)[C@H](OC(=O)c3c(C)ccc(C)c3O)[C@H](C)O2)[C@@H](C)O1. The molecule has 0 radical (unpaired) electrons. The summed E-state index contributed by atoms with van der Waals surface area (Å²) in [6.45, 7) is 8.68. The molecule has 8 heteroatoms. The fourth-order valence-electron chi connectivity index (χ4n) is 4.33. The van der Waals surface area contributed by atoms with E-state index in [1.807, 2.05) is 6.92 Å². The van der Waals surface area contributed by atoms with E-state index in [9.17, 15) is 15.0 Å². The van der Waals surface area contributed by atoms with E-state index in [0.717, 1.165) is 6.42 Å². The first-order valence-electron chi connectivity index (χ1n) is 10.7. The molecule has 0 unspecified atom stereocenters. The summed E-state index contributed by atoms with van der Waals surface area (Å²) >= 11 is 0. The van der Waals surface area contributed by atoms with Crippen LogP contribution in [0.25, 0.3) is 0 Å². The van der Waals surface area contributed by atoms with Crippen LogP contribution >= 0.6 is 0 Å². The van der Waals surface area contributed by atoms with Crippen molar-refractivity contribution in [3.63, 3.8) is 0 Å². The monoisotopic (exact) mass is 438 g/mol. The van der Waals surface area contributed by atoms with Gasteiger partial charge in [-0.15, -0.1) is 0 Å². The van der Waals surface area contributed by atoms with Crippen LogP contribution in [0.4, 0.5) is 0 Å². The summed E-state index contributed by atoms with van der Waals surface area (Å²) in [5, 5.41) is 21.4. The van der Waals surface area contributed by atoms with Crippen LogP contribution in [0.1, 0.15) is 61.5 Å². The molecule has 1 aromatic rings. The number of aryl methyl sites for hydroxylation is 2. The molecule has 3 rings (SSSR count).